The molecule has 0 spiro atoms. The Kier molecular flexibility index (Phi) is 3.81. The van der Waals surface area contributed by atoms with Crippen molar-refractivity contribution in [1.29, 1.82) is 0 Å². The number of rotatable bonds is 4. The summed E-state index contributed by atoms with van der Waals surface area (Å²) < 4.78 is 25.5. The molecule has 2 heterocycles. The molecule has 1 aliphatic heterocycles. The van der Waals surface area contributed by atoms with E-state index in [1.165, 1.54) is 4.68 Å². The molecule has 1 aromatic rings. The third kappa shape index (κ3) is 2.82. The van der Waals surface area contributed by atoms with Gasteiger partial charge in [-0.25, -0.2) is 13.1 Å². The minimum atomic E-state index is -3.26. The summed E-state index contributed by atoms with van der Waals surface area (Å²) in [6, 6.07) is 0. The van der Waals surface area contributed by atoms with E-state index in [4.69, 9.17) is 5.11 Å². The van der Waals surface area contributed by atoms with Crippen molar-refractivity contribution in [3.63, 3.8) is 0 Å². The van der Waals surface area contributed by atoms with E-state index < -0.39 is 26.5 Å². The molecule has 2 rings (SSSR count). The average molecular weight is 302 g/mol. The molecule has 1 saturated heterocycles. The molecule has 1 atom stereocenters. The molecule has 1 aliphatic rings. The van der Waals surface area contributed by atoms with E-state index in [0.717, 1.165) is 6.42 Å². The average Bonchev–Trinajstić information content (AvgIpc) is 2.75. The van der Waals surface area contributed by atoms with E-state index in [2.05, 4.69) is 15.5 Å². The van der Waals surface area contributed by atoms with Crippen LogP contribution < -0.4 is 0 Å². The summed E-state index contributed by atoms with van der Waals surface area (Å²) >= 11 is 0. The van der Waals surface area contributed by atoms with Gasteiger partial charge in [0.25, 0.3) is 0 Å². The van der Waals surface area contributed by atoms with Crippen LogP contribution in [-0.4, -0.2) is 45.5 Å². The highest BCUT2D eigenvalue weighted by Crippen LogP contribution is 2.32. The van der Waals surface area contributed by atoms with Crippen molar-refractivity contribution in [3.8, 4) is 0 Å². The van der Waals surface area contributed by atoms with E-state index in [9.17, 15) is 13.2 Å². The summed E-state index contributed by atoms with van der Waals surface area (Å²) in [5, 5.41) is 19.5. The second kappa shape index (κ2) is 5.12. The van der Waals surface area contributed by atoms with Crippen molar-refractivity contribution in [2.45, 2.75) is 44.9 Å². The van der Waals surface area contributed by atoms with E-state index in [1.54, 1.807) is 13.8 Å². The maximum Gasteiger partial charge on any atom is 0.310 e. The fraction of sp³-hybridized carbons (Fsp3) is 0.818. The van der Waals surface area contributed by atoms with Gasteiger partial charge in [-0.3, -0.25) is 4.79 Å². The first kappa shape index (κ1) is 14.9. The highest BCUT2D eigenvalue weighted by Gasteiger charge is 2.36. The maximum atomic E-state index is 12.1. The molecule has 0 aliphatic carbocycles. The van der Waals surface area contributed by atoms with Crippen molar-refractivity contribution in [3.05, 3.63) is 5.82 Å². The summed E-state index contributed by atoms with van der Waals surface area (Å²) in [5.74, 6) is -0.600. The first-order chi connectivity index (χ1) is 9.24. The SMILES string of the molecule is CC(C)(Cn1nnnc1C1CCCCS1(=O)=O)C(=O)O. The molecule has 0 aromatic carbocycles. The fourth-order valence-corrected chi connectivity index (χ4v) is 4.15. The number of nitrogens with zero attached hydrogens (tertiary/aromatic N) is 4. The van der Waals surface area contributed by atoms with Gasteiger partial charge in [-0.1, -0.05) is 6.42 Å². The molecule has 1 aromatic heterocycles. The van der Waals surface area contributed by atoms with Crippen LogP contribution in [0.4, 0.5) is 0 Å². The molecule has 1 N–H and O–H groups in total. The summed E-state index contributed by atoms with van der Waals surface area (Å²) in [7, 11) is -3.26. The van der Waals surface area contributed by atoms with Crippen molar-refractivity contribution in [2.24, 2.45) is 5.41 Å². The number of carboxylic acid groups (broad SMARTS) is 1. The smallest absolute Gasteiger partial charge is 0.310 e. The molecular weight excluding hydrogens is 284 g/mol. The number of hydrogen-bond donors (Lipinski definition) is 1. The summed E-state index contributed by atoms with van der Waals surface area (Å²) in [4.78, 5) is 11.2. The Labute approximate surface area is 117 Å². The zero-order chi connectivity index (χ0) is 15.0. The quantitative estimate of drug-likeness (QED) is 0.857. The van der Waals surface area contributed by atoms with Gasteiger partial charge in [-0.05, 0) is 37.1 Å². The van der Waals surface area contributed by atoms with Gasteiger partial charge in [0.1, 0.15) is 5.25 Å². The Bertz CT molecular complexity index is 608. The summed E-state index contributed by atoms with van der Waals surface area (Å²) in [6.45, 7) is 3.14. The Hall–Kier alpha value is -1.51. The first-order valence-corrected chi connectivity index (χ1v) is 8.16. The molecule has 9 heteroatoms. The lowest BCUT2D eigenvalue weighted by Gasteiger charge is -2.24. The molecule has 8 nitrogen and oxygen atoms in total. The topological polar surface area (TPSA) is 115 Å². The fourth-order valence-electron chi connectivity index (χ4n) is 2.24. The number of aromatic nitrogens is 4. The lowest BCUT2D eigenvalue weighted by atomic mass is 9.94. The van der Waals surface area contributed by atoms with Crippen LogP contribution in [0.3, 0.4) is 0 Å². The van der Waals surface area contributed by atoms with Crippen LogP contribution in [0.2, 0.25) is 0 Å². The lowest BCUT2D eigenvalue weighted by molar-refractivity contribution is -0.147. The summed E-state index contributed by atoms with van der Waals surface area (Å²) in [5.41, 5.74) is -1.07. The van der Waals surface area contributed by atoms with Gasteiger partial charge in [0.15, 0.2) is 15.7 Å². The second-order valence-electron chi connectivity index (χ2n) is 5.74. The van der Waals surface area contributed by atoms with Gasteiger partial charge in [0.2, 0.25) is 0 Å². The van der Waals surface area contributed by atoms with Crippen molar-refractivity contribution in [2.75, 3.05) is 5.75 Å². The Morgan fingerprint density at radius 1 is 1.45 bits per heavy atom. The van der Waals surface area contributed by atoms with Crippen LogP contribution in [0.5, 0.6) is 0 Å². The van der Waals surface area contributed by atoms with Gasteiger partial charge in [0, 0.05) is 0 Å². The van der Waals surface area contributed by atoms with Crippen molar-refractivity contribution < 1.29 is 18.3 Å². The minimum absolute atomic E-state index is 0.0384. The van der Waals surface area contributed by atoms with Gasteiger partial charge in [-0.15, -0.1) is 5.10 Å². The second-order valence-corrected chi connectivity index (χ2v) is 8.04. The van der Waals surface area contributed by atoms with E-state index in [-0.39, 0.29) is 18.1 Å². The lowest BCUT2D eigenvalue weighted by Crippen LogP contribution is -2.32. The third-order valence-electron chi connectivity index (χ3n) is 3.55. The first-order valence-electron chi connectivity index (χ1n) is 6.45. The molecule has 112 valence electrons. The number of hydrogen-bond acceptors (Lipinski definition) is 6. The van der Waals surface area contributed by atoms with Gasteiger partial charge < -0.3 is 5.11 Å². The molecule has 20 heavy (non-hydrogen) atoms. The monoisotopic (exact) mass is 302 g/mol. The predicted molar refractivity (Wildman–Crippen MR) is 69.6 cm³/mol. The minimum Gasteiger partial charge on any atom is -0.481 e. The molecule has 1 unspecified atom stereocenters. The number of tetrazole rings is 1. The normalized spacial score (nSPS) is 22.6. The standard InChI is InChI=1S/C11H18N4O4S/c1-11(2,10(16)17)7-15-9(12-13-14-15)8-5-3-4-6-20(8,18)19/h8H,3-7H2,1-2H3,(H,16,17). The predicted octanol–water partition coefficient (Wildman–Crippen LogP) is 0.424. The van der Waals surface area contributed by atoms with Crippen LogP contribution in [0.25, 0.3) is 0 Å². The number of aliphatic carboxylic acids is 1. The van der Waals surface area contributed by atoms with E-state index in [1.807, 2.05) is 0 Å². The Morgan fingerprint density at radius 2 is 2.15 bits per heavy atom. The van der Waals surface area contributed by atoms with Crippen molar-refractivity contribution in [1.82, 2.24) is 20.2 Å². The van der Waals surface area contributed by atoms with E-state index in [0.29, 0.717) is 12.8 Å². The van der Waals surface area contributed by atoms with Crippen LogP contribution in [0, 0.1) is 5.41 Å². The zero-order valence-electron chi connectivity index (χ0n) is 11.5. The van der Waals surface area contributed by atoms with Crippen LogP contribution >= 0.6 is 0 Å². The largest absolute Gasteiger partial charge is 0.481 e. The molecule has 0 amide bonds. The summed E-state index contributed by atoms with van der Waals surface area (Å²) in [6.07, 6.45) is 1.94. The highest BCUT2D eigenvalue weighted by molar-refractivity contribution is 7.91. The van der Waals surface area contributed by atoms with Crippen LogP contribution in [0.1, 0.15) is 44.2 Å². The van der Waals surface area contributed by atoms with E-state index >= 15 is 0 Å². The maximum absolute atomic E-state index is 12.1. The third-order valence-corrected chi connectivity index (χ3v) is 5.72. The van der Waals surface area contributed by atoms with Crippen LogP contribution in [0.15, 0.2) is 0 Å². The molecule has 0 radical (unpaired) electrons. The number of carboxylic acids is 1. The Balaban J connectivity index is 2.31. The van der Waals surface area contributed by atoms with Crippen molar-refractivity contribution >= 4 is 15.8 Å². The molecule has 0 bridgehead atoms. The molecule has 0 saturated carbocycles. The zero-order valence-corrected chi connectivity index (χ0v) is 12.3. The van der Waals surface area contributed by atoms with Gasteiger partial charge in [0.05, 0.1) is 17.7 Å². The van der Waals surface area contributed by atoms with Crippen LogP contribution in [-0.2, 0) is 21.2 Å². The number of sulfone groups is 1. The molecule has 1 fully saturated rings. The van der Waals surface area contributed by atoms with Gasteiger partial charge >= 0.3 is 5.97 Å². The number of carbonyl (C=O) groups is 1. The highest BCUT2D eigenvalue weighted by atomic mass is 32.2. The Morgan fingerprint density at radius 3 is 2.75 bits per heavy atom. The molecular formula is C11H18N4O4S. The van der Waals surface area contributed by atoms with Gasteiger partial charge in [-0.2, -0.15) is 0 Å².